The van der Waals surface area contributed by atoms with Crippen molar-refractivity contribution in [2.45, 2.75) is 32.6 Å². The van der Waals surface area contributed by atoms with Gasteiger partial charge in [-0.15, -0.1) is 0 Å². The van der Waals surface area contributed by atoms with Crippen molar-refractivity contribution in [3.05, 3.63) is 17.1 Å². The zero-order valence-corrected chi connectivity index (χ0v) is 13.2. The monoisotopic (exact) mass is 314 g/mol. The minimum absolute atomic E-state index is 0.00192. The minimum atomic E-state index is -4.03. The Labute approximate surface area is 123 Å². The summed E-state index contributed by atoms with van der Waals surface area (Å²) in [6, 6.07) is 1.96. The van der Waals surface area contributed by atoms with Gasteiger partial charge in [0.05, 0.1) is 12.0 Å². The molecule has 0 bridgehead atoms. The number of hydrogen-bond donors (Lipinski definition) is 1. The SMILES string of the molecule is CCN(CC(C)C#N)S(=O)(=O)c1c(C)oc(C)c1C(=O)O. The first-order valence-corrected chi connectivity index (χ1v) is 7.83. The zero-order chi connectivity index (χ0) is 16.4. The summed E-state index contributed by atoms with van der Waals surface area (Å²) in [6.45, 7) is 6.18. The molecule has 1 N–H and O–H groups in total. The van der Waals surface area contributed by atoms with E-state index in [-0.39, 0.29) is 35.1 Å². The molecule has 0 fully saturated rings. The van der Waals surface area contributed by atoms with Crippen LogP contribution in [0, 0.1) is 31.1 Å². The van der Waals surface area contributed by atoms with Gasteiger partial charge in [0, 0.05) is 13.1 Å². The number of carboxylic acids is 1. The second-order valence-electron chi connectivity index (χ2n) is 4.71. The number of carbonyl (C=O) groups is 1. The van der Waals surface area contributed by atoms with Gasteiger partial charge < -0.3 is 9.52 Å². The molecular formula is C13H18N2O5S. The molecule has 116 valence electrons. The molecule has 0 saturated carbocycles. The van der Waals surface area contributed by atoms with Gasteiger partial charge in [-0.1, -0.05) is 6.92 Å². The van der Waals surface area contributed by atoms with E-state index in [0.29, 0.717) is 0 Å². The number of hydrogen-bond acceptors (Lipinski definition) is 5. The number of aryl methyl sites for hydroxylation is 2. The predicted molar refractivity (Wildman–Crippen MR) is 74.4 cm³/mol. The first-order chi connectivity index (χ1) is 9.66. The summed E-state index contributed by atoms with van der Waals surface area (Å²) in [7, 11) is -4.03. The molecule has 1 heterocycles. The average molecular weight is 314 g/mol. The molecular weight excluding hydrogens is 296 g/mol. The highest BCUT2D eigenvalue weighted by molar-refractivity contribution is 7.89. The van der Waals surface area contributed by atoms with E-state index in [1.165, 1.54) is 13.8 Å². The fraction of sp³-hybridized carbons (Fsp3) is 0.538. The molecule has 1 aromatic rings. The summed E-state index contributed by atoms with van der Waals surface area (Å²) in [4.78, 5) is 11.0. The molecule has 0 aliphatic carbocycles. The van der Waals surface area contributed by atoms with Crippen molar-refractivity contribution < 1.29 is 22.7 Å². The molecule has 1 rings (SSSR count). The topological polar surface area (TPSA) is 112 Å². The van der Waals surface area contributed by atoms with E-state index < -0.39 is 21.9 Å². The van der Waals surface area contributed by atoms with Crippen LogP contribution in [0.3, 0.4) is 0 Å². The van der Waals surface area contributed by atoms with Crippen LogP contribution in [-0.4, -0.2) is 36.9 Å². The standard InChI is InChI=1S/C13H18N2O5S/c1-5-15(7-8(2)6-14)21(18,19)12-10(4)20-9(3)11(12)13(16)17/h8H,5,7H2,1-4H3,(H,16,17). The van der Waals surface area contributed by atoms with Gasteiger partial charge in [-0.05, 0) is 20.8 Å². The molecule has 21 heavy (non-hydrogen) atoms. The van der Waals surface area contributed by atoms with Crippen molar-refractivity contribution in [3.63, 3.8) is 0 Å². The Morgan fingerprint density at radius 2 is 2.00 bits per heavy atom. The van der Waals surface area contributed by atoms with Gasteiger partial charge in [-0.2, -0.15) is 9.57 Å². The van der Waals surface area contributed by atoms with Crippen molar-refractivity contribution in [3.8, 4) is 6.07 Å². The quantitative estimate of drug-likeness (QED) is 0.856. The lowest BCUT2D eigenvalue weighted by Crippen LogP contribution is -2.35. The van der Waals surface area contributed by atoms with Crippen molar-refractivity contribution in [2.24, 2.45) is 5.92 Å². The molecule has 0 aromatic carbocycles. The van der Waals surface area contributed by atoms with Gasteiger partial charge in [-0.25, -0.2) is 13.2 Å². The first-order valence-electron chi connectivity index (χ1n) is 6.39. The predicted octanol–water partition coefficient (Wildman–Crippen LogP) is 1.76. The Bertz CT molecular complexity index is 684. The van der Waals surface area contributed by atoms with Crippen LogP contribution in [0.4, 0.5) is 0 Å². The molecule has 0 spiro atoms. The van der Waals surface area contributed by atoms with Crippen molar-refractivity contribution in [2.75, 3.05) is 13.1 Å². The number of nitrogens with zero attached hydrogens (tertiary/aromatic N) is 2. The number of nitriles is 1. The molecule has 1 atom stereocenters. The fourth-order valence-electron chi connectivity index (χ4n) is 2.09. The van der Waals surface area contributed by atoms with Crippen LogP contribution in [0.5, 0.6) is 0 Å². The Balaban J connectivity index is 3.43. The van der Waals surface area contributed by atoms with E-state index in [9.17, 15) is 18.3 Å². The molecule has 0 amide bonds. The smallest absolute Gasteiger partial charge is 0.340 e. The zero-order valence-electron chi connectivity index (χ0n) is 12.4. The van der Waals surface area contributed by atoms with Crippen LogP contribution in [0.1, 0.15) is 35.7 Å². The summed E-state index contributed by atoms with van der Waals surface area (Å²) in [5.41, 5.74) is -0.351. The molecule has 7 nitrogen and oxygen atoms in total. The van der Waals surface area contributed by atoms with Crippen LogP contribution in [-0.2, 0) is 10.0 Å². The third-order valence-corrected chi connectivity index (χ3v) is 5.16. The largest absolute Gasteiger partial charge is 0.478 e. The maximum Gasteiger partial charge on any atom is 0.340 e. The van der Waals surface area contributed by atoms with Crippen LogP contribution in [0.15, 0.2) is 9.31 Å². The summed E-state index contributed by atoms with van der Waals surface area (Å²) < 4.78 is 31.6. The van der Waals surface area contributed by atoms with Gasteiger partial charge in [0.1, 0.15) is 22.0 Å². The number of furan rings is 1. The number of carboxylic acid groups (broad SMARTS) is 1. The molecule has 1 unspecified atom stereocenters. The Morgan fingerprint density at radius 3 is 2.43 bits per heavy atom. The number of sulfonamides is 1. The lowest BCUT2D eigenvalue weighted by atomic mass is 10.2. The molecule has 0 saturated heterocycles. The lowest BCUT2D eigenvalue weighted by molar-refractivity contribution is 0.0691. The lowest BCUT2D eigenvalue weighted by Gasteiger charge is -2.21. The van der Waals surface area contributed by atoms with Crippen molar-refractivity contribution in [1.29, 1.82) is 5.26 Å². The highest BCUT2D eigenvalue weighted by Gasteiger charge is 2.35. The highest BCUT2D eigenvalue weighted by atomic mass is 32.2. The second kappa shape index (κ2) is 6.28. The highest BCUT2D eigenvalue weighted by Crippen LogP contribution is 2.29. The van der Waals surface area contributed by atoms with Crippen LogP contribution in [0.25, 0.3) is 0 Å². The summed E-state index contributed by atoms with van der Waals surface area (Å²) in [6.07, 6.45) is 0. The average Bonchev–Trinajstić information content (AvgIpc) is 2.70. The van der Waals surface area contributed by atoms with Crippen LogP contribution in [0.2, 0.25) is 0 Å². The van der Waals surface area contributed by atoms with Crippen molar-refractivity contribution >= 4 is 16.0 Å². The van der Waals surface area contributed by atoms with Crippen molar-refractivity contribution in [1.82, 2.24) is 4.31 Å². The Kier molecular flexibility index (Phi) is 5.15. The van der Waals surface area contributed by atoms with E-state index in [1.807, 2.05) is 6.07 Å². The maximum absolute atomic E-state index is 12.7. The molecule has 0 radical (unpaired) electrons. The van der Waals surface area contributed by atoms with E-state index in [1.54, 1.807) is 13.8 Å². The fourth-order valence-corrected chi connectivity index (χ4v) is 4.01. The molecule has 1 aromatic heterocycles. The molecule has 0 aliphatic heterocycles. The summed E-state index contributed by atoms with van der Waals surface area (Å²) in [5, 5.41) is 18.0. The third kappa shape index (κ3) is 3.25. The second-order valence-corrected chi connectivity index (χ2v) is 6.58. The number of aromatic carboxylic acids is 1. The van der Waals surface area contributed by atoms with Gasteiger partial charge >= 0.3 is 5.97 Å². The van der Waals surface area contributed by atoms with E-state index >= 15 is 0 Å². The number of rotatable bonds is 6. The van der Waals surface area contributed by atoms with E-state index in [2.05, 4.69) is 0 Å². The van der Waals surface area contributed by atoms with Gasteiger partial charge in [0.2, 0.25) is 10.0 Å². The van der Waals surface area contributed by atoms with E-state index in [0.717, 1.165) is 4.31 Å². The third-order valence-electron chi connectivity index (χ3n) is 3.07. The van der Waals surface area contributed by atoms with Gasteiger partial charge in [-0.3, -0.25) is 0 Å². The Hall–Kier alpha value is -1.85. The normalized spacial score (nSPS) is 13.1. The van der Waals surface area contributed by atoms with Gasteiger partial charge in [0.25, 0.3) is 0 Å². The Morgan fingerprint density at radius 1 is 1.43 bits per heavy atom. The van der Waals surface area contributed by atoms with Crippen LogP contribution >= 0.6 is 0 Å². The summed E-state index contributed by atoms with van der Waals surface area (Å²) in [5.74, 6) is -1.77. The van der Waals surface area contributed by atoms with Crippen LogP contribution < -0.4 is 0 Å². The van der Waals surface area contributed by atoms with E-state index in [4.69, 9.17) is 9.68 Å². The maximum atomic E-state index is 12.7. The molecule has 0 aliphatic rings. The van der Waals surface area contributed by atoms with Gasteiger partial charge in [0.15, 0.2) is 0 Å². The summed E-state index contributed by atoms with van der Waals surface area (Å²) >= 11 is 0. The first kappa shape index (κ1) is 17.2. The minimum Gasteiger partial charge on any atom is -0.478 e. The molecule has 8 heteroatoms.